The first-order chi connectivity index (χ1) is 14.6. The lowest BCUT2D eigenvalue weighted by Crippen LogP contribution is -2.56. The number of rotatable bonds is 7. The molecule has 1 amide bonds. The number of unbranched alkanes of at least 4 members (excludes halogenated alkanes) is 1. The van der Waals surface area contributed by atoms with E-state index < -0.39 is 0 Å². The van der Waals surface area contributed by atoms with Crippen molar-refractivity contribution in [3.63, 3.8) is 0 Å². The molecular formula is C24H28N4O2. The quantitative estimate of drug-likeness (QED) is 0.364. The van der Waals surface area contributed by atoms with Crippen LogP contribution < -0.4 is 10.2 Å². The molecule has 0 unspecified atom stereocenters. The molecule has 1 aliphatic rings. The standard InChI is InChI=1S/C24H28N4O2/c29-24(26-21-11-12-23-20(19-21)7-6-13-25-23)10-4-5-16-28(30)17-14-27(15-18-28)22-8-2-1-3-9-22/h1-3,6-9,11-13,19H,4-5,10,14-18H2,(H,26,29). The summed E-state index contributed by atoms with van der Waals surface area (Å²) in [5.41, 5.74) is 2.88. The number of anilines is 2. The van der Waals surface area contributed by atoms with Crippen LogP contribution in [0.4, 0.5) is 11.4 Å². The molecule has 30 heavy (non-hydrogen) atoms. The Morgan fingerprint density at radius 3 is 2.63 bits per heavy atom. The average Bonchev–Trinajstić information content (AvgIpc) is 2.78. The highest BCUT2D eigenvalue weighted by atomic mass is 16.5. The fourth-order valence-corrected chi connectivity index (χ4v) is 4.01. The lowest BCUT2D eigenvalue weighted by Gasteiger charge is -2.49. The zero-order chi connectivity index (χ0) is 20.8. The monoisotopic (exact) mass is 404 g/mol. The minimum absolute atomic E-state index is 0.00964. The summed E-state index contributed by atoms with van der Waals surface area (Å²) in [5, 5.41) is 16.9. The summed E-state index contributed by atoms with van der Waals surface area (Å²) in [6, 6.07) is 19.8. The number of carbonyl (C=O) groups excluding carboxylic acids is 1. The minimum atomic E-state index is -0.150. The SMILES string of the molecule is O=C(CCCC[N+]1([O-])CCN(c2ccccc2)CC1)Nc1ccc2ncccc2c1. The number of nitrogens with one attached hydrogen (secondary N) is 1. The summed E-state index contributed by atoms with van der Waals surface area (Å²) in [6.07, 6.45) is 3.68. The largest absolute Gasteiger partial charge is 0.633 e. The molecule has 1 fully saturated rings. The van der Waals surface area contributed by atoms with E-state index in [0.717, 1.165) is 42.5 Å². The molecule has 4 rings (SSSR count). The number of aromatic nitrogens is 1. The number of amides is 1. The van der Waals surface area contributed by atoms with Crippen LogP contribution in [-0.2, 0) is 4.79 Å². The number of para-hydroxylation sites is 1. The fourth-order valence-electron chi connectivity index (χ4n) is 4.01. The number of benzene rings is 2. The van der Waals surface area contributed by atoms with Gasteiger partial charge in [0.25, 0.3) is 0 Å². The van der Waals surface area contributed by atoms with Crippen LogP contribution in [0, 0.1) is 5.21 Å². The summed E-state index contributed by atoms with van der Waals surface area (Å²) < 4.78 is -0.150. The zero-order valence-electron chi connectivity index (χ0n) is 17.2. The van der Waals surface area contributed by atoms with Crippen LogP contribution in [0.5, 0.6) is 0 Å². The van der Waals surface area contributed by atoms with Crippen molar-refractivity contribution in [1.29, 1.82) is 0 Å². The molecular weight excluding hydrogens is 376 g/mol. The van der Waals surface area contributed by atoms with Crippen LogP contribution >= 0.6 is 0 Å². The molecule has 3 aromatic rings. The van der Waals surface area contributed by atoms with Crippen LogP contribution in [-0.4, -0.2) is 48.3 Å². The second-order valence-corrected chi connectivity index (χ2v) is 7.97. The summed E-state index contributed by atoms with van der Waals surface area (Å²) in [4.78, 5) is 18.8. The van der Waals surface area contributed by atoms with E-state index in [1.165, 1.54) is 5.69 Å². The molecule has 156 valence electrons. The lowest BCUT2D eigenvalue weighted by atomic mass is 10.1. The molecule has 2 aromatic carbocycles. The molecule has 0 spiro atoms. The molecule has 0 radical (unpaired) electrons. The first-order valence-corrected chi connectivity index (χ1v) is 10.6. The highest BCUT2D eigenvalue weighted by Crippen LogP contribution is 2.20. The Balaban J connectivity index is 1.18. The Morgan fingerprint density at radius 2 is 1.83 bits per heavy atom. The van der Waals surface area contributed by atoms with E-state index in [9.17, 15) is 10.0 Å². The fraction of sp³-hybridized carbons (Fsp3) is 0.333. The third-order valence-corrected chi connectivity index (χ3v) is 5.78. The van der Waals surface area contributed by atoms with Crippen LogP contribution in [0.3, 0.4) is 0 Å². The summed E-state index contributed by atoms with van der Waals surface area (Å²) in [7, 11) is 0. The molecule has 1 aromatic heterocycles. The average molecular weight is 405 g/mol. The van der Waals surface area contributed by atoms with Gasteiger partial charge in [-0.1, -0.05) is 24.3 Å². The second-order valence-electron chi connectivity index (χ2n) is 7.97. The van der Waals surface area contributed by atoms with Crippen molar-refractivity contribution in [1.82, 2.24) is 4.98 Å². The second kappa shape index (κ2) is 9.24. The van der Waals surface area contributed by atoms with Gasteiger partial charge < -0.3 is 20.1 Å². The maximum absolute atomic E-state index is 13.0. The Bertz CT molecular complexity index is 985. The molecule has 6 heteroatoms. The van der Waals surface area contributed by atoms with Gasteiger partial charge in [-0.25, -0.2) is 0 Å². The maximum atomic E-state index is 13.0. The topological polar surface area (TPSA) is 68.3 Å². The molecule has 2 heterocycles. The number of hydrogen-bond acceptors (Lipinski definition) is 4. The van der Waals surface area contributed by atoms with Gasteiger partial charge in [0.05, 0.1) is 38.2 Å². The third kappa shape index (κ3) is 5.14. The van der Waals surface area contributed by atoms with Crippen LogP contribution in [0.15, 0.2) is 66.9 Å². The van der Waals surface area contributed by atoms with Crippen molar-refractivity contribution in [2.24, 2.45) is 0 Å². The minimum Gasteiger partial charge on any atom is -0.633 e. The normalized spacial score (nSPS) is 15.8. The van der Waals surface area contributed by atoms with Crippen LogP contribution in [0.2, 0.25) is 0 Å². The predicted octanol–water partition coefficient (Wildman–Crippen LogP) is 4.18. The number of pyridine rings is 1. The molecule has 0 aliphatic carbocycles. The lowest BCUT2D eigenvalue weighted by molar-refractivity contribution is -0.881. The van der Waals surface area contributed by atoms with Gasteiger partial charge in [-0.15, -0.1) is 0 Å². The molecule has 0 saturated carbocycles. The first kappa shape index (κ1) is 20.3. The van der Waals surface area contributed by atoms with Gasteiger partial charge >= 0.3 is 0 Å². The summed E-state index contributed by atoms with van der Waals surface area (Å²) >= 11 is 0. The maximum Gasteiger partial charge on any atom is 0.224 e. The smallest absolute Gasteiger partial charge is 0.224 e. The summed E-state index contributed by atoms with van der Waals surface area (Å²) in [5.74, 6) is -0.00964. The molecule has 6 nitrogen and oxygen atoms in total. The zero-order valence-corrected chi connectivity index (χ0v) is 17.2. The van der Waals surface area contributed by atoms with Gasteiger partial charge in [0.15, 0.2) is 0 Å². The van der Waals surface area contributed by atoms with Gasteiger partial charge in [-0.2, -0.15) is 0 Å². The number of carbonyl (C=O) groups is 1. The molecule has 0 bridgehead atoms. The number of nitrogens with zero attached hydrogens (tertiary/aromatic N) is 3. The highest BCUT2D eigenvalue weighted by molar-refractivity contribution is 5.93. The van der Waals surface area contributed by atoms with Crippen molar-refractivity contribution < 1.29 is 9.44 Å². The van der Waals surface area contributed by atoms with Crippen molar-refractivity contribution in [2.45, 2.75) is 19.3 Å². The van der Waals surface area contributed by atoms with Gasteiger partial charge in [0.2, 0.25) is 5.91 Å². The highest BCUT2D eigenvalue weighted by Gasteiger charge is 2.25. The molecule has 0 atom stereocenters. The van der Waals surface area contributed by atoms with Gasteiger partial charge in [-0.3, -0.25) is 9.78 Å². The van der Waals surface area contributed by atoms with Gasteiger partial charge in [0.1, 0.15) is 0 Å². The number of hydroxylamine groups is 3. The van der Waals surface area contributed by atoms with Crippen LogP contribution in [0.1, 0.15) is 19.3 Å². The van der Waals surface area contributed by atoms with E-state index >= 15 is 0 Å². The Hall–Kier alpha value is -2.96. The van der Waals surface area contributed by atoms with E-state index in [4.69, 9.17) is 0 Å². The predicted molar refractivity (Wildman–Crippen MR) is 121 cm³/mol. The number of piperazine rings is 1. The number of hydrogen-bond donors (Lipinski definition) is 1. The van der Waals surface area contributed by atoms with Crippen LogP contribution in [0.25, 0.3) is 10.9 Å². The van der Waals surface area contributed by atoms with Crippen molar-refractivity contribution >= 4 is 28.2 Å². The molecule has 1 aliphatic heterocycles. The van der Waals surface area contributed by atoms with E-state index in [1.54, 1.807) is 6.20 Å². The Morgan fingerprint density at radius 1 is 1.03 bits per heavy atom. The Labute approximate surface area is 177 Å². The van der Waals surface area contributed by atoms with Crippen molar-refractivity contribution in [3.8, 4) is 0 Å². The third-order valence-electron chi connectivity index (χ3n) is 5.78. The van der Waals surface area contributed by atoms with E-state index in [0.29, 0.717) is 26.1 Å². The number of quaternary nitrogens is 1. The van der Waals surface area contributed by atoms with E-state index in [-0.39, 0.29) is 10.6 Å². The van der Waals surface area contributed by atoms with Gasteiger partial charge in [-0.05, 0) is 49.2 Å². The molecule has 1 saturated heterocycles. The number of fused-ring (bicyclic) bond motifs is 1. The van der Waals surface area contributed by atoms with E-state index in [1.807, 2.05) is 48.5 Å². The first-order valence-electron chi connectivity index (χ1n) is 10.6. The summed E-state index contributed by atoms with van der Waals surface area (Å²) in [6.45, 7) is 3.35. The van der Waals surface area contributed by atoms with Crippen molar-refractivity contribution in [3.05, 3.63) is 72.1 Å². The van der Waals surface area contributed by atoms with Crippen molar-refractivity contribution in [2.75, 3.05) is 42.9 Å². The van der Waals surface area contributed by atoms with E-state index in [2.05, 4.69) is 27.3 Å². The van der Waals surface area contributed by atoms with Gasteiger partial charge in [0, 0.05) is 29.4 Å². The Kier molecular flexibility index (Phi) is 6.26. The molecule has 1 N–H and O–H groups in total.